The molecule has 2 N–H and O–H groups in total. The van der Waals surface area contributed by atoms with Crippen molar-refractivity contribution in [3.05, 3.63) is 59.2 Å². The topological polar surface area (TPSA) is 61.4 Å². The van der Waals surface area contributed by atoms with E-state index in [4.69, 9.17) is 0 Å². The quantitative estimate of drug-likeness (QED) is 0.778. The number of benzene rings is 2. The summed E-state index contributed by atoms with van der Waals surface area (Å²) < 4.78 is 0. The second-order valence-corrected chi connectivity index (χ2v) is 8.57. The highest BCUT2D eigenvalue weighted by Crippen LogP contribution is 2.30. The van der Waals surface area contributed by atoms with Gasteiger partial charge < -0.3 is 15.5 Å². The van der Waals surface area contributed by atoms with E-state index in [1.807, 2.05) is 32.0 Å². The van der Waals surface area contributed by atoms with E-state index in [1.165, 1.54) is 11.1 Å². The van der Waals surface area contributed by atoms with Crippen LogP contribution in [0.2, 0.25) is 0 Å². The van der Waals surface area contributed by atoms with E-state index in [9.17, 15) is 9.59 Å². The highest BCUT2D eigenvalue weighted by Gasteiger charge is 2.27. The van der Waals surface area contributed by atoms with Crippen LogP contribution in [0.3, 0.4) is 0 Å². The van der Waals surface area contributed by atoms with Crippen LogP contribution in [0, 0.1) is 5.92 Å². The molecule has 0 saturated heterocycles. The molecular formula is C24H29N3O2. The summed E-state index contributed by atoms with van der Waals surface area (Å²) in [6.45, 7) is 5.70. The zero-order chi connectivity index (χ0) is 20.4. The Morgan fingerprint density at radius 1 is 1.10 bits per heavy atom. The zero-order valence-corrected chi connectivity index (χ0v) is 17.2. The van der Waals surface area contributed by atoms with E-state index in [2.05, 4.69) is 39.8 Å². The molecule has 2 amide bonds. The van der Waals surface area contributed by atoms with Crippen LogP contribution in [0.1, 0.15) is 54.6 Å². The molecule has 0 bridgehead atoms. The van der Waals surface area contributed by atoms with Gasteiger partial charge in [0.05, 0.1) is 5.56 Å². The molecule has 2 aromatic carbocycles. The van der Waals surface area contributed by atoms with E-state index in [0.717, 1.165) is 38.0 Å². The molecule has 2 aromatic rings. The molecule has 1 aliphatic carbocycles. The van der Waals surface area contributed by atoms with E-state index in [-0.39, 0.29) is 17.9 Å². The molecule has 1 heterocycles. The summed E-state index contributed by atoms with van der Waals surface area (Å²) in [7, 11) is 0. The number of hydrogen-bond donors (Lipinski definition) is 2. The van der Waals surface area contributed by atoms with Crippen molar-refractivity contribution >= 4 is 23.2 Å². The fourth-order valence-electron chi connectivity index (χ4n) is 3.85. The fourth-order valence-corrected chi connectivity index (χ4v) is 3.85. The molecule has 2 aliphatic rings. The van der Waals surface area contributed by atoms with Crippen molar-refractivity contribution in [3.63, 3.8) is 0 Å². The van der Waals surface area contributed by atoms with Crippen molar-refractivity contribution in [2.75, 3.05) is 16.8 Å². The largest absolute Gasteiger partial charge is 0.366 e. The summed E-state index contributed by atoms with van der Waals surface area (Å²) in [5.74, 6) is 0.217. The van der Waals surface area contributed by atoms with Gasteiger partial charge in [-0.1, -0.05) is 38.1 Å². The monoisotopic (exact) mass is 391 g/mol. The summed E-state index contributed by atoms with van der Waals surface area (Å²) in [5, 5.41) is 6.05. The lowest BCUT2D eigenvalue weighted by atomic mass is 9.98. The van der Waals surface area contributed by atoms with Crippen molar-refractivity contribution in [3.8, 4) is 0 Å². The highest BCUT2D eigenvalue weighted by atomic mass is 16.2. The molecule has 152 valence electrons. The third kappa shape index (κ3) is 4.78. The summed E-state index contributed by atoms with van der Waals surface area (Å²) >= 11 is 0. The van der Waals surface area contributed by atoms with Crippen molar-refractivity contribution < 1.29 is 9.59 Å². The van der Waals surface area contributed by atoms with Gasteiger partial charge in [-0.3, -0.25) is 9.59 Å². The fraction of sp³-hybridized carbons (Fsp3) is 0.417. The molecule has 4 rings (SSSR count). The Balaban J connectivity index is 1.60. The number of carbonyl (C=O) groups excluding carboxylic acids is 2. The minimum absolute atomic E-state index is 0.0202. The molecule has 0 aromatic heterocycles. The zero-order valence-electron chi connectivity index (χ0n) is 17.2. The molecule has 0 unspecified atom stereocenters. The number of rotatable bonds is 6. The molecule has 5 nitrogen and oxygen atoms in total. The lowest BCUT2D eigenvalue weighted by Crippen LogP contribution is -2.33. The van der Waals surface area contributed by atoms with Gasteiger partial charge in [-0.05, 0) is 54.5 Å². The second kappa shape index (κ2) is 8.27. The van der Waals surface area contributed by atoms with Gasteiger partial charge in [-0.15, -0.1) is 0 Å². The standard InChI is InChI=1S/C24H29N3O2/c1-16(2)13-23(28)25-20-9-10-22(21(14-20)24(29)26-19-7-8-19)27-12-11-17-5-3-4-6-18(17)15-27/h3-6,9-10,14,16,19H,7-8,11-13,15H2,1-2H3,(H,25,28)(H,26,29). The van der Waals surface area contributed by atoms with E-state index in [0.29, 0.717) is 23.6 Å². The predicted octanol–water partition coefficient (Wildman–Crippen LogP) is 4.13. The molecule has 0 radical (unpaired) electrons. The maximum Gasteiger partial charge on any atom is 0.253 e. The van der Waals surface area contributed by atoms with Crippen molar-refractivity contribution in [1.29, 1.82) is 0 Å². The van der Waals surface area contributed by atoms with Gasteiger partial charge in [-0.25, -0.2) is 0 Å². The van der Waals surface area contributed by atoms with Crippen molar-refractivity contribution in [2.24, 2.45) is 5.92 Å². The minimum Gasteiger partial charge on any atom is -0.366 e. The Bertz CT molecular complexity index is 918. The molecule has 1 fully saturated rings. The summed E-state index contributed by atoms with van der Waals surface area (Å²) in [6.07, 6.45) is 3.52. The Morgan fingerprint density at radius 3 is 2.59 bits per heavy atom. The lowest BCUT2D eigenvalue weighted by Gasteiger charge is -2.32. The molecule has 1 saturated carbocycles. The number of hydrogen-bond acceptors (Lipinski definition) is 3. The van der Waals surface area contributed by atoms with Crippen LogP contribution < -0.4 is 15.5 Å². The van der Waals surface area contributed by atoms with Gasteiger partial charge in [0, 0.05) is 36.9 Å². The van der Waals surface area contributed by atoms with Gasteiger partial charge in [0.15, 0.2) is 0 Å². The predicted molar refractivity (Wildman–Crippen MR) is 116 cm³/mol. The van der Waals surface area contributed by atoms with Crippen LogP contribution in [-0.4, -0.2) is 24.4 Å². The SMILES string of the molecule is CC(C)CC(=O)Nc1ccc(N2CCc3ccccc3C2)c(C(=O)NC2CC2)c1. The van der Waals surface area contributed by atoms with Crippen LogP contribution in [0.5, 0.6) is 0 Å². The number of carbonyl (C=O) groups is 2. The first-order valence-corrected chi connectivity index (χ1v) is 10.6. The molecule has 5 heteroatoms. The Hall–Kier alpha value is -2.82. The third-order valence-corrected chi connectivity index (χ3v) is 5.50. The first-order valence-electron chi connectivity index (χ1n) is 10.6. The minimum atomic E-state index is -0.0543. The number of nitrogens with one attached hydrogen (secondary N) is 2. The smallest absolute Gasteiger partial charge is 0.253 e. The molecular weight excluding hydrogens is 362 g/mol. The number of anilines is 2. The van der Waals surface area contributed by atoms with Gasteiger partial charge in [0.1, 0.15) is 0 Å². The summed E-state index contributed by atoms with van der Waals surface area (Å²) in [5.41, 5.74) is 4.93. The molecule has 29 heavy (non-hydrogen) atoms. The van der Waals surface area contributed by atoms with E-state index >= 15 is 0 Å². The Morgan fingerprint density at radius 2 is 1.86 bits per heavy atom. The van der Waals surface area contributed by atoms with E-state index < -0.39 is 0 Å². The van der Waals surface area contributed by atoms with Gasteiger partial charge in [-0.2, -0.15) is 0 Å². The maximum atomic E-state index is 13.0. The van der Waals surface area contributed by atoms with Crippen molar-refractivity contribution in [2.45, 2.75) is 52.1 Å². The lowest BCUT2D eigenvalue weighted by molar-refractivity contribution is -0.116. The maximum absolute atomic E-state index is 13.0. The van der Waals surface area contributed by atoms with Gasteiger partial charge >= 0.3 is 0 Å². The summed E-state index contributed by atoms with van der Waals surface area (Å²) in [4.78, 5) is 27.4. The number of amides is 2. The van der Waals surface area contributed by atoms with Crippen molar-refractivity contribution in [1.82, 2.24) is 5.32 Å². The molecule has 0 atom stereocenters. The highest BCUT2D eigenvalue weighted by molar-refractivity contribution is 6.02. The number of nitrogens with zero attached hydrogens (tertiary/aromatic N) is 1. The Labute approximate surface area is 172 Å². The second-order valence-electron chi connectivity index (χ2n) is 8.57. The van der Waals surface area contributed by atoms with Crippen LogP contribution in [-0.2, 0) is 17.8 Å². The Kier molecular flexibility index (Phi) is 5.56. The number of fused-ring (bicyclic) bond motifs is 1. The first-order chi connectivity index (χ1) is 14.0. The van der Waals surface area contributed by atoms with Gasteiger partial charge in [0.2, 0.25) is 5.91 Å². The van der Waals surface area contributed by atoms with Crippen LogP contribution in [0.15, 0.2) is 42.5 Å². The normalized spacial score (nSPS) is 15.8. The van der Waals surface area contributed by atoms with Crippen LogP contribution in [0.4, 0.5) is 11.4 Å². The first kappa shape index (κ1) is 19.5. The average Bonchev–Trinajstić information content (AvgIpc) is 3.51. The average molecular weight is 392 g/mol. The summed E-state index contributed by atoms with van der Waals surface area (Å²) in [6, 6.07) is 14.5. The van der Waals surface area contributed by atoms with Gasteiger partial charge in [0.25, 0.3) is 5.91 Å². The van der Waals surface area contributed by atoms with Crippen LogP contribution >= 0.6 is 0 Å². The van der Waals surface area contributed by atoms with Crippen LogP contribution in [0.25, 0.3) is 0 Å². The third-order valence-electron chi connectivity index (χ3n) is 5.50. The van der Waals surface area contributed by atoms with E-state index in [1.54, 1.807) is 0 Å². The molecule has 0 spiro atoms. The molecule has 1 aliphatic heterocycles.